The van der Waals surface area contributed by atoms with E-state index in [1.54, 1.807) is 38.5 Å². The highest BCUT2D eigenvalue weighted by atomic mass is 16.5. The second-order valence-electron chi connectivity index (χ2n) is 7.08. The van der Waals surface area contributed by atoms with Crippen molar-refractivity contribution in [1.29, 1.82) is 0 Å². The second kappa shape index (κ2) is 8.33. The standard InChI is InChI=1S/C22H25NO5/c1-27-18-10-7-16(14-19(18)28-2)22(11-3-4-12-22)21(26)23-17-8-5-15(6-9-17)13-20(24)25/h5-10,14H,3-4,11-13H2,1-2H3,(H,23,26)(H,24,25). The van der Waals surface area contributed by atoms with Crippen LogP contribution in [0.3, 0.4) is 0 Å². The van der Waals surface area contributed by atoms with Gasteiger partial charge in [0.05, 0.1) is 26.1 Å². The van der Waals surface area contributed by atoms with Crippen LogP contribution in [0.5, 0.6) is 11.5 Å². The number of carbonyl (C=O) groups excluding carboxylic acids is 1. The molecule has 148 valence electrons. The molecular formula is C22H25NO5. The molecule has 1 aliphatic carbocycles. The predicted octanol–water partition coefficient (Wildman–Crippen LogP) is 3.78. The van der Waals surface area contributed by atoms with E-state index in [-0.39, 0.29) is 12.3 Å². The van der Waals surface area contributed by atoms with E-state index < -0.39 is 11.4 Å². The zero-order valence-corrected chi connectivity index (χ0v) is 16.2. The number of carbonyl (C=O) groups is 2. The first-order valence-electron chi connectivity index (χ1n) is 9.33. The number of aliphatic carboxylic acids is 1. The smallest absolute Gasteiger partial charge is 0.307 e. The van der Waals surface area contributed by atoms with E-state index in [1.165, 1.54) is 0 Å². The van der Waals surface area contributed by atoms with Crippen LogP contribution in [-0.4, -0.2) is 31.2 Å². The van der Waals surface area contributed by atoms with Gasteiger partial charge >= 0.3 is 5.97 Å². The van der Waals surface area contributed by atoms with Crippen LogP contribution in [0.2, 0.25) is 0 Å². The minimum Gasteiger partial charge on any atom is -0.493 e. The number of methoxy groups -OCH3 is 2. The maximum atomic E-state index is 13.3. The summed E-state index contributed by atoms with van der Waals surface area (Å²) in [6, 6.07) is 12.6. The SMILES string of the molecule is COc1ccc(C2(C(=O)Nc3ccc(CC(=O)O)cc3)CCCC2)cc1OC. The van der Waals surface area contributed by atoms with Crippen molar-refractivity contribution in [1.82, 2.24) is 0 Å². The first-order valence-corrected chi connectivity index (χ1v) is 9.33. The number of rotatable bonds is 7. The summed E-state index contributed by atoms with van der Waals surface area (Å²) in [4.78, 5) is 24.1. The van der Waals surface area contributed by atoms with Crippen molar-refractivity contribution in [3.05, 3.63) is 53.6 Å². The molecule has 3 rings (SSSR count). The molecular weight excluding hydrogens is 358 g/mol. The Morgan fingerprint density at radius 1 is 1.00 bits per heavy atom. The van der Waals surface area contributed by atoms with Crippen LogP contribution in [0.25, 0.3) is 0 Å². The fourth-order valence-electron chi connectivity index (χ4n) is 3.89. The third kappa shape index (κ3) is 3.96. The largest absolute Gasteiger partial charge is 0.493 e. The van der Waals surface area contributed by atoms with Gasteiger partial charge in [-0.2, -0.15) is 0 Å². The Morgan fingerprint density at radius 2 is 1.64 bits per heavy atom. The van der Waals surface area contributed by atoms with Crippen molar-refractivity contribution in [3.8, 4) is 11.5 Å². The van der Waals surface area contributed by atoms with Crippen LogP contribution in [0.1, 0.15) is 36.8 Å². The van der Waals surface area contributed by atoms with Gasteiger partial charge in [-0.15, -0.1) is 0 Å². The molecule has 1 aliphatic rings. The van der Waals surface area contributed by atoms with Crippen molar-refractivity contribution in [2.75, 3.05) is 19.5 Å². The summed E-state index contributed by atoms with van der Waals surface area (Å²) in [6.07, 6.45) is 3.47. The fraction of sp³-hybridized carbons (Fsp3) is 0.364. The lowest BCUT2D eigenvalue weighted by atomic mass is 9.77. The van der Waals surface area contributed by atoms with Crippen LogP contribution in [-0.2, 0) is 21.4 Å². The Labute approximate surface area is 164 Å². The average Bonchev–Trinajstić information content (AvgIpc) is 3.19. The average molecular weight is 383 g/mol. The summed E-state index contributed by atoms with van der Waals surface area (Å²) < 4.78 is 10.7. The topological polar surface area (TPSA) is 84.9 Å². The molecule has 0 unspecified atom stereocenters. The normalized spacial score (nSPS) is 15.1. The highest BCUT2D eigenvalue weighted by Crippen LogP contribution is 2.44. The Kier molecular flexibility index (Phi) is 5.87. The molecule has 0 radical (unpaired) electrons. The molecule has 6 nitrogen and oxygen atoms in total. The number of hydrogen-bond donors (Lipinski definition) is 2. The lowest BCUT2D eigenvalue weighted by Crippen LogP contribution is -2.38. The summed E-state index contributed by atoms with van der Waals surface area (Å²) in [5.41, 5.74) is 1.66. The summed E-state index contributed by atoms with van der Waals surface area (Å²) in [5, 5.41) is 11.9. The van der Waals surface area contributed by atoms with Crippen molar-refractivity contribution >= 4 is 17.6 Å². The Hall–Kier alpha value is -3.02. The van der Waals surface area contributed by atoms with Gasteiger partial charge in [0.1, 0.15) is 0 Å². The van der Waals surface area contributed by atoms with E-state index >= 15 is 0 Å². The van der Waals surface area contributed by atoms with E-state index in [4.69, 9.17) is 14.6 Å². The number of anilines is 1. The molecule has 2 aromatic carbocycles. The predicted molar refractivity (Wildman–Crippen MR) is 106 cm³/mol. The molecule has 0 atom stereocenters. The van der Waals surface area contributed by atoms with Crippen molar-refractivity contribution in [2.24, 2.45) is 0 Å². The number of benzene rings is 2. The number of carboxylic acid groups (broad SMARTS) is 1. The molecule has 28 heavy (non-hydrogen) atoms. The minimum atomic E-state index is -0.879. The van der Waals surface area contributed by atoms with Crippen molar-refractivity contribution in [2.45, 2.75) is 37.5 Å². The Bertz CT molecular complexity index is 854. The maximum absolute atomic E-state index is 13.3. The van der Waals surface area contributed by atoms with Gasteiger partial charge in [0.25, 0.3) is 0 Å². The van der Waals surface area contributed by atoms with Crippen molar-refractivity contribution in [3.63, 3.8) is 0 Å². The van der Waals surface area contributed by atoms with Gasteiger partial charge in [0, 0.05) is 5.69 Å². The van der Waals surface area contributed by atoms with Crippen LogP contribution in [0, 0.1) is 0 Å². The van der Waals surface area contributed by atoms with E-state index in [0.29, 0.717) is 22.7 Å². The van der Waals surface area contributed by atoms with Crippen LogP contribution in [0.4, 0.5) is 5.69 Å². The molecule has 2 aromatic rings. The quantitative estimate of drug-likeness (QED) is 0.760. The number of ether oxygens (including phenoxy) is 2. The monoisotopic (exact) mass is 383 g/mol. The lowest BCUT2D eigenvalue weighted by Gasteiger charge is -2.29. The molecule has 0 heterocycles. The molecule has 1 amide bonds. The first kappa shape index (κ1) is 19.7. The Balaban J connectivity index is 1.85. The summed E-state index contributed by atoms with van der Waals surface area (Å²) >= 11 is 0. The van der Waals surface area contributed by atoms with Crippen LogP contribution in [0.15, 0.2) is 42.5 Å². The van der Waals surface area contributed by atoms with E-state index in [0.717, 1.165) is 31.2 Å². The molecule has 0 bridgehead atoms. The molecule has 0 aliphatic heterocycles. The van der Waals surface area contributed by atoms with Crippen LogP contribution >= 0.6 is 0 Å². The van der Waals surface area contributed by atoms with Crippen LogP contribution < -0.4 is 14.8 Å². The molecule has 0 spiro atoms. The minimum absolute atomic E-state index is 0.0379. The summed E-state index contributed by atoms with van der Waals surface area (Å²) in [7, 11) is 3.17. The van der Waals surface area contributed by atoms with Gasteiger partial charge in [-0.05, 0) is 48.2 Å². The Morgan fingerprint density at radius 3 is 2.21 bits per heavy atom. The molecule has 1 saturated carbocycles. The lowest BCUT2D eigenvalue weighted by molar-refractivity contribution is -0.136. The molecule has 2 N–H and O–H groups in total. The van der Waals surface area contributed by atoms with Gasteiger partial charge in [-0.3, -0.25) is 9.59 Å². The third-order valence-electron chi connectivity index (χ3n) is 5.40. The molecule has 0 aromatic heterocycles. The van der Waals surface area contributed by atoms with Gasteiger partial charge in [-0.25, -0.2) is 0 Å². The summed E-state index contributed by atoms with van der Waals surface area (Å²) in [5.74, 6) is 0.310. The highest BCUT2D eigenvalue weighted by Gasteiger charge is 2.43. The zero-order valence-electron chi connectivity index (χ0n) is 16.2. The molecule has 1 fully saturated rings. The highest BCUT2D eigenvalue weighted by molar-refractivity contribution is 5.99. The number of carboxylic acids is 1. The molecule has 0 saturated heterocycles. The van der Waals surface area contributed by atoms with E-state index in [2.05, 4.69) is 5.32 Å². The van der Waals surface area contributed by atoms with Gasteiger partial charge < -0.3 is 19.9 Å². The molecule has 6 heteroatoms. The van der Waals surface area contributed by atoms with Gasteiger partial charge in [0.15, 0.2) is 11.5 Å². The van der Waals surface area contributed by atoms with Crippen molar-refractivity contribution < 1.29 is 24.2 Å². The van der Waals surface area contributed by atoms with E-state index in [1.807, 2.05) is 18.2 Å². The zero-order chi connectivity index (χ0) is 20.1. The maximum Gasteiger partial charge on any atom is 0.307 e. The fourth-order valence-corrected chi connectivity index (χ4v) is 3.89. The first-order chi connectivity index (χ1) is 13.5. The number of amides is 1. The number of hydrogen-bond acceptors (Lipinski definition) is 4. The third-order valence-corrected chi connectivity index (χ3v) is 5.40. The van der Waals surface area contributed by atoms with E-state index in [9.17, 15) is 9.59 Å². The van der Waals surface area contributed by atoms with Gasteiger partial charge in [-0.1, -0.05) is 31.0 Å². The second-order valence-corrected chi connectivity index (χ2v) is 7.08. The number of nitrogens with one attached hydrogen (secondary N) is 1. The summed E-state index contributed by atoms with van der Waals surface area (Å²) in [6.45, 7) is 0. The van der Waals surface area contributed by atoms with Gasteiger partial charge in [0.2, 0.25) is 5.91 Å².